The Balaban J connectivity index is 4.21. The van der Waals surface area contributed by atoms with E-state index in [2.05, 4.69) is 18.8 Å². The summed E-state index contributed by atoms with van der Waals surface area (Å²) in [5.74, 6) is 5.97. The topological polar surface area (TPSA) is 20.2 Å². The third-order valence-corrected chi connectivity index (χ3v) is 2.45. The molecule has 0 aromatic carbocycles. The Labute approximate surface area is 82.5 Å². The van der Waals surface area contributed by atoms with Gasteiger partial charge in [0.15, 0.2) is 0 Å². The number of aliphatic hydroxyl groups is 1. The van der Waals surface area contributed by atoms with Gasteiger partial charge in [-0.15, -0.1) is 5.92 Å². The van der Waals surface area contributed by atoms with Crippen LogP contribution in [0, 0.1) is 17.3 Å². The van der Waals surface area contributed by atoms with Gasteiger partial charge in [0.2, 0.25) is 0 Å². The van der Waals surface area contributed by atoms with Gasteiger partial charge in [0.05, 0.1) is 0 Å². The minimum absolute atomic E-state index is 0.174. The number of unbranched alkanes of at least 4 members (excludes halogenated alkanes) is 2. The van der Waals surface area contributed by atoms with E-state index in [4.69, 9.17) is 0 Å². The molecule has 0 aromatic heterocycles. The zero-order valence-corrected chi connectivity index (χ0v) is 9.57. The molecule has 0 fully saturated rings. The Hall–Kier alpha value is -0.480. The Bertz CT molecular complexity index is 197. The molecule has 1 heteroatoms. The second kappa shape index (κ2) is 4.67. The fourth-order valence-electron chi connectivity index (χ4n) is 0.687. The van der Waals surface area contributed by atoms with Crippen molar-refractivity contribution in [2.75, 3.05) is 0 Å². The van der Waals surface area contributed by atoms with Crippen molar-refractivity contribution in [2.24, 2.45) is 5.41 Å². The summed E-state index contributed by atoms with van der Waals surface area (Å²) < 4.78 is 0. The summed E-state index contributed by atoms with van der Waals surface area (Å²) in [5.41, 5.74) is -1.05. The first kappa shape index (κ1) is 12.5. The molecule has 0 aliphatic heterocycles. The zero-order valence-electron chi connectivity index (χ0n) is 9.57. The van der Waals surface area contributed by atoms with Crippen LogP contribution in [0.3, 0.4) is 0 Å². The normalized spacial score (nSPS) is 15.8. The molecule has 0 saturated carbocycles. The molecule has 0 aromatic rings. The summed E-state index contributed by atoms with van der Waals surface area (Å²) in [6.07, 6.45) is 3.17. The van der Waals surface area contributed by atoms with E-state index < -0.39 is 5.60 Å². The molecule has 0 radical (unpaired) electrons. The lowest BCUT2D eigenvalue weighted by Crippen LogP contribution is -2.38. The molecule has 1 N–H and O–H groups in total. The fraction of sp³-hybridized carbons (Fsp3) is 0.833. The maximum absolute atomic E-state index is 9.98. The smallest absolute Gasteiger partial charge is 0.127 e. The molecule has 0 aliphatic carbocycles. The van der Waals surface area contributed by atoms with Gasteiger partial charge >= 0.3 is 0 Å². The van der Waals surface area contributed by atoms with Crippen molar-refractivity contribution in [3.05, 3.63) is 0 Å². The fourth-order valence-corrected chi connectivity index (χ4v) is 0.687. The Morgan fingerprint density at radius 3 is 2.08 bits per heavy atom. The van der Waals surface area contributed by atoms with Crippen molar-refractivity contribution in [3.63, 3.8) is 0 Å². The highest BCUT2D eigenvalue weighted by Gasteiger charge is 2.33. The van der Waals surface area contributed by atoms with Gasteiger partial charge in [0, 0.05) is 11.8 Å². The molecule has 1 unspecified atom stereocenters. The summed E-state index contributed by atoms with van der Waals surface area (Å²) >= 11 is 0. The second-order valence-corrected chi connectivity index (χ2v) is 4.73. The van der Waals surface area contributed by atoms with Gasteiger partial charge in [-0.3, -0.25) is 0 Å². The van der Waals surface area contributed by atoms with Crippen molar-refractivity contribution < 1.29 is 5.11 Å². The average Bonchev–Trinajstić information content (AvgIpc) is 1.96. The molecular weight excluding hydrogens is 160 g/mol. The SMILES string of the molecule is CCCCC#CC(C)(O)C(C)(C)C. The molecule has 0 heterocycles. The lowest BCUT2D eigenvalue weighted by Gasteiger charge is -2.32. The molecule has 0 spiro atoms. The van der Waals surface area contributed by atoms with Crippen molar-refractivity contribution in [3.8, 4) is 11.8 Å². The van der Waals surface area contributed by atoms with Gasteiger partial charge in [0.25, 0.3) is 0 Å². The Kier molecular flexibility index (Phi) is 4.50. The second-order valence-electron chi connectivity index (χ2n) is 4.73. The van der Waals surface area contributed by atoms with Gasteiger partial charge in [0.1, 0.15) is 5.60 Å². The predicted octanol–water partition coefficient (Wildman–Crippen LogP) is 2.98. The largest absolute Gasteiger partial charge is 0.377 e. The van der Waals surface area contributed by atoms with Crippen LogP contribution in [0.2, 0.25) is 0 Å². The molecule has 13 heavy (non-hydrogen) atoms. The highest BCUT2D eigenvalue weighted by Crippen LogP contribution is 2.28. The molecule has 1 atom stereocenters. The Morgan fingerprint density at radius 1 is 1.15 bits per heavy atom. The number of hydrogen-bond donors (Lipinski definition) is 1. The van der Waals surface area contributed by atoms with Gasteiger partial charge < -0.3 is 5.11 Å². The van der Waals surface area contributed by atoms with Crippen LogP contribution in [0.15, 0.2) is 0 Å². The van der Waals surface area contributed by atoms with Crippen LogP contribution < -0.4 is 0 Å². The standard InChI is InChI=1S/C12H22O/c1-6-7-8-9-10-12(5,13)11(2,3)4/h13H,6-8H2,1-5H3. The van der Waals surface area contributed by atoms with Gasteiger partial charge in [-0.05, 0) is 13.3 Å². The molecule has 1 nitrogen and oxygen atoms in total. The van der Waals surface area contributed by atoms with Crippen LogP contribution in [0.25, 0.3) is 0 Å². The minimum Gasteiger partial charge on any atom is -0.377 e. The van der Waals surface area contributed by atoms with Gasteiger partial charge in [-0.1, -0.05) is 40.0 Å². The highest BCUT2D eigenvalue weighted by atomic mass is 16.3. The molecule has 0 aliphatic rings. The van der Waals surface area contributed by atoms with Crippen LogP contribution in [-0.4, -0.2) is 10.7 Å². The summed E-state index contributed by atoms with van der Waals surface area (Å²) in [6, 6.07) is 0. The van der Waals surface area contributed by atoms with E-state index in [1.54, 1.807) is 6.92 Å². The van der Waals surface area contributed by atoms with E-state index in [9.17, 15) is 5.11 Å². The van der Waals surface area contributed by atoms with E-state index >= 15 is 0 Å². The summed E-state index contributed by atoms with van der Waals surface area (Å²) in [4.78, 5) is 0. The first-order chi connectivity index (χ1) is 5.81. The van der Waals surface area contributed by atoms with E-state index in [1.165, 1.54) is 0 Å². The molecule has 0 rings (SSSR count). The van der Waals surface area contributed by atoms with Crippen molar-refractivity contribution in [1.82, 2.24) is 0 Å². The lowest BCUT2D eigenvalue weighted by atomic mass is 9.78. The monoisotopic (exact) mass is 182 g/mol. The number of rotatable bonds is 2. The molecule has 0 saturated heterocycles. The van der Waals surface area contributed by atoms with E-state index in [1.807, 2.05) is 20.8 Å². The zero-order chi connectivity index (χ0) is 10.5. The molecular formula is C12H22O. The van der Waals surface area contributed by atoms with Crippen molar-refractivity contribution >= 4 is 0 Å². The highest BCUT2D eigenvalue weighted by molar-refractivity contribution is 5.15. The third kappa shape index (κ3) is 4.33. The lowest BCUT2D eigenvalue weighted by molar-refractivity contribution is 0.0128. The minimum atomic E-state index is -0.874. The summed E-state index contributed by atoms with van der Waals surface area (Å²) in [6.45, 7) is 9.93. The maximum atomic E-state index is 9.98. The molecule has 0 amide bonds. The van der Waals surface area contributed by atoms with Crippen molar-refractivity contribution in [1.29, 1.82) is 0 Å². The van der Waals surface area contributed by atoms with Gasteiger partial charge in [-0.25, -0.2) is 0 Å². The predicted molar refractivity (Wildman–Crippen MR) is 57.4 cm³/mol. The van der Waals surface area contributed by atoms with Crippen LogP contribution in [0.5, 0.6) is 0 Å². The first-order valence-corrected chi connectivity index (χ1v) is 5.03. The van der Waals surface area contributed by atoms with Gasteiger partial charge in [-0.2, -0.15) is 0 Å². The third-order valence-electron chi connectivity index (χ3n) is 2.45. The quantitative estimate of drug-likeness (QED) is 0.514. The maximum Gasteiger partial charge on any atom is 0.127 e. The van der Waals surface area contributed by atoms with Crippen molar-refractivity contribution in [2.45, 2.75) is 59.5 Å². The number of hydrogen-bond acceptors (Lipinski definition) is 1. The van der Waals surface area contributed by atoms with E-state index in [-0.39, 0.29) is 5.41 Å². The first-order valence-electron chi connectivity index (χ1n) is 5.03. The van der Waals surface area contributed by atoms with E-state index in [0.717, 1.165) is 19.3 Å². The van der Waals surface area contributed by atoms with Crippen LogP contribution >= 0.6 is 0 Å². The molecule has 76 valence electrons. The average molecular weight is 182 g/mol. The van der Waals surface area contributed by atoms with Crippen LogP contribution in [0.1, 0.15) is 53.9 Å². The molecule has 0 bridgehead atoms. The Morgan fingerprint density at radius 2 is 1.69 bits per heavy atom. The summed E-state index contributed by atoms with van der Waals surface area (Å²) in [5, 5.41) is 9.98. The van der Waals surface area contributed by atoms with E-state index in [0.29, 0.717) is 0 Å². The van der Waals surface area contributed by atoms with Crippen LogP contribution in [0.4, 0.5) is 0 Å². The van der Waals surface area contributed by atoms with Crippen LogP contribution in [-0.2, 0) is 0 Å². The summed E-state index contributed by atoms with van der Waals surface area (Å²) in [7, 11) is 0.